The number of hydrogen-bond acceptors (Lipinski definition) is 4. The maximum Gasteiger partial charge on any atom is 0.228 e. The number of ether oxygens (including phenoxy) is 1. The molecule has 2 aromatic heterocycles. The van der Waals surface area contributed by atoms with Gasteiger partial charge in [-0.3, -0.25) is 9.78 Å². The summed E-state index contributed by atoms with van der Waals surface area (Å²) >= 11 is 5.87. The van der Waals surface area contributed by atoms with Crippen LogP contribution in [-0.4, -0.2) is 22.0 Å². The smallest absolute Gasteiger partial charge is 0.228 e. The Kier molecular flexibility index (Phi) is 5.26. The lowest BCUT2D eigenvalue weighted by Crippen LogP contribution is -2.27. The van der Waals surface area contributed by atoms with Gasteiger partial charge in [0.2, 0.25) is 5.91 Å². The van der Waals surface area contributed by atoms with Crippen LogP contribution in [-0.2, 0) is 4.79 Å². The molecule has 5 nitrogen and oxygen atoms in total. The Bertz CT molecular complexity index is 1110. The third-order valence-corrected chi connectivity index (χ3v) is 6.87. The van der Waals surface area contributed by atoms with Gasteiger partial charge in [0.15, 0.2) is 0 Å². The second-order valence-corrected chi connectivity index (χ2v) is 8.89. The number of pyridine rings is 2. The molecule has 7 heteroatoms. The van der Waals surface area contributed by atoms with Crippen molar-refractivity contribution in [2.45, 2.75) is 32.3 Å². The maximum atomic E-state index is 13.7. The summed E-state index contributed by atoms with van der Waals surface area (Å²) in [5.41, 5.74) is 0.721. The van der Waals surface area contributed by atoms with Gasteiger partial charge in [-0.2, -0.15) is 0 Å². The van der Waals surface area contributed by atoms with E-state index in [2.05, 4.69) is 22.2 Å². The van der Waals surface area contributed by atoms with Crippen LogP contribution in [0.3, 0.4) is 0 Å². The molecule has 1 unspecified atom stereocenters. The number of halogens is 2. The van der Waals surface area contributed by atoms with Crippen LogP contribution in [0.1, 0.15) is 26.2 Å². The monoisotopic (exact) mass is 439 g/mol. The fraction of sp³-hybridized carbons (Fsp3) is 0.375. The third kappa shape index (κ3) is 3.97. The molecule has 160 valence electrons. The molecule has 1 aromatic carbocycles. The molecular weight excluding hydrogens is 417 g/mol. The summed E-state index contributed by atoms with van der Waals surface area (Å²) in [4.78, 5) is 21.3. The molecule has 1 amide bonds. The number of benzene rings is 1. The minimum absolute atomic E-state index is 0.0183. The Labute approximate surface area is 185 Å². The standard InChI is InChI=1S/C24H23ClFN3O2/c1-2-16(24(30)29-22-6-3-13(25)12-28-22)23-17-10-15(11-18(17)23)31-21-7-8-27-20-5-4-14(26)9-19(20)21/h3-9,12,15-18,23H,2,10-11H2,1H3,(H,28,29,30)/t15-,16?,17+,18-,23-. The van der Waals surface area contributed by atoms with E-state index in [1.54, 1.807) is 30.5 Å². The van der Waals surface area contributed by atoms with E-state index >= 15 is 0 Å². The highest BCUT2D eigenvalue weighted by atomic mass is 35.5. The van der Waals surface area contributed by atoms with Gasteiger partial charge in [-0.25, -0.2) is 9.37 Å². The van der Waals surface area contributed by atoms with Crippen molar-refractivity contribution in [1.82, 2.24) is 9.97 Å². The van der Waals surface area contributed by atoms with Crippen molar-refractivity contribution < 1.29 is 13.9 Å². The number of nitrogens with zero attached hydrogens (tertiary/aromatic N) is 2. The van der Waals surface area contributed by atoms with Gasteiger partial charge < -0.3 is 10.1 Å². The molecule has 31 heavy (non-hydrogen) atoms. The van der Waals surface area contributed by atoms with Crippen LogP contribution in [0.25, 0.3) is 10.9 Å². The number of rotatable bonds is 6. The van der Waals surface area contributed by atoms with Gasteiger partial charge in [0.05, 0.1) is 16.6 Å². The molecule has 3 aromatic rings. The summed E-state index contributed by atoms with van der Waals surface area (Å²) in [5.74, 6) is 2.24. The zero-order chi connectivity index (χ0) is 21.5. The normalized spacial score (nSPS) is 25.1. The number of aromatic nitrogens is 2. The first-order valence-electron chi connectivity index (χ1n) is 10.7. The molecular formula is C24H23ClFN3O2. The van der Waals surface area contributed by atoms with Crippen LogP contribution in [0.4, 0.5) is 10.2 Å². The fourth-order valence-corrected chi connectivity index (χ4v) is 5.32. The lowest BCUT2D eigenvalue weighted by Gasteiger charge is -2.21. The molecule has 2 aliphatic carbocycles. The Morgan fingerprint density at radius 2 is 2.03 bits per heavy atom. The lowest BCUT2D eigenvalue weighted by atomic mass is 9.93. The van der Waals surface area contributed by atoms with Crippen molar-refractivity contribution in [3.63, 3.8) is 0 Å². The lowest BCUT2D eigenvalue weighted by molar-refractivity contribution is -0.121. The molecule has 2 fully saturated rings. The fourth-order valence-electron chi connectivity index (χ4n) is 5.21. The van der Waals surface area contributed by atoms with E-state index in [0.29, 0.717) is 39.7 Å². The van der Waals surface area contributed by atoms with Gasteiger partial charge in [0, 0.05) is 23.7 Å². The molecule has 0 spiro atoms. The molecule has 0 saturated heterocycles. The molecule has 0 radical (unpaired) electrons. The van der Waals surface area contributed by atoms with Crippen molar-refractivity contribution in [1.29, 1.82) is 0 Å². The average Bonchev–Trinajstić information content (AvgIpc) is 3.23. The number of hydrogen-bond donors (Lipinski definition) is 1. The summed E-state index contributed by atoms with van der Waals surface area (Å²) in [6.07, 6.45) is 5.92. The largest absolute Gasteiger partial charge is 0.490 e. The van der Waals surface area contributed by atoms with Crippen LogP contribution < -0.4 is 10.1 Å². The number of carbonyl (C=O) groups excluding carboxylic acids is 1. The van der Waals surface area contributed by atoms with Crippen molar-refractivity contribution >= 4 is 34.2 Å². The van der Waals surface area contributed by atoms with Gasteiger partial charge in [-0.15, -0.1) is 0 Å². The Hall–Kier alpha value is -2.73. The number of fused-ring (bicyclic) bond motifs is 2. The zero-order valence-corrected chi connectivity index (χ0v) is 17.8. The Morgan fingerprint density at radius 3 is 2.74 bits per heavy atom. The zero-order valence-electron chi connectivity index (χ0n) is 17.1. The molecule has 2 aliphatic rings. The molecule has 0 aliphatic heterocycles. The third-order valence-electron chi connectivity index (χ3n) is 6.65. The molecule has 2 saturated carbocycles. The molecule has 5 atom stereocenters. The second-order valence-electron chi connectivity index (χ2n) is 8.45. The minimum Gasteiger partial charge on any atom is -0.490 e. The van der Waals surface area contributed by atoms with Crippen LogP contribution in [0, 0.1) is 29.5 Å². The molecule has 1 N–H and O–H groups in total. The number of amides is 1. The Morgan fingerprint density at radius 1 is 1.23 bits per heavy atom. The van der Waals surface area contributed by atoms with Crippen molar-refractivity contribution in [3.8, 4) is 5.75 Å². The van der Waals surface area contributed by atoms with Gasteiger partial charge >= 0.3 is 0 Å². The predicted octanol–water partition coefficient (Wildman–Crippen LogP) is 5.49. The highest BCUT2D eigenvalue weighted by Gasteiger charge is 2.60. The first-order valence-corrected chi connectivity index (χ1v) is 11.0. The van der Waals surface area contributed by atoms with Gasteiger partial charge in [-0.1, -0.05) is 18.5 Å². The number of carbonyl (C=O) groups is 1. The van der Waals surface area contributed by atoms with Crippen molar-refractivity contribution in [2.24, 2.45) is 23.7 Å². The van der Waals surface area contributed by atoms with E-state index in [1.807, 2.05) is 0 Å². The first-order chi connectivity index (χ1) is 15.0. The summed E-state index contributed by atoms with van der Waals surface area (Å²) < 4.78 is 19.9. The van der Waals surface area contributed by atoms with E-state index in [-0.39, 0.29) is 23.7 Å². The SMILES string of the molecule is CCC(C(=O)Nc1ccc(Cl)cn1)[C@H]1[C@@H]2C[C@H](Oc3ccnc4ccc(F)cc34)C[C@@H]21. The van der Waals surface area contributed by atoms with E-state index in [0.717, 1.165) is 24.8 Å². The molecule has 2 heterocycles. The van der Waals surface area contributed by atoms with Gasteiger partial charge in [-0.05, 0) is 73.4 Å². The molecule has 0 bridgehead atoms. The first kappa shape index (κ1) is 20.2. The second kappa shape index (κ2) is 8.08. The summed E-state index contributed by atoms with van der Waals surface area (Å²) in [6.45, 7) is 2.05. The number of nitrogens with one attached hydrogen (secondary N) is 1. The highest BCUT2D eigenvalue weighted by molar-refractivity contribution is 6.30. The van der Waals surface area contributed by atoms with Crippen molar-refractivity contribution in [2.75, 3.05) is 5.32 Å². The van der Waals surface area contributed by atoms with Crippen LogP contribution in [0.2, 0.25) is 5.02 Å². The van der Waals surface area contributed by atoms with E-state index < -0.39 is 0 Å². The maximum absolute atomic E-state index is 13.7. The topological polar surface area (TPSA) is 64.1 Å². The van der Waals surface area contributed by atoms with Gasteiger partial charge in [0.25, 0.3) is 0 Å². The summed E-state index contributed by atoms with van der Waals surface area (Å²) in [7, 11) is 0. The van der Waals surface area contributed by atoms with Gasteiger partial charge in [0.1, 0.15) is 17.4 Å². The summed E-state index contributed by atoms with van der Waals surface area (Å²) in [5, 5.41) is 4.16. The van der Waals surface area contributed by atoms with E-state index in [1.165, 1.54) is 18.3 Å². The average molecular weight is 440 g/mol. The van der Waals surface area contributed by atoms with Crippen LogP contribution >= 0.6 is 11.6 Å². The molecule has 5 rings (SSSR count). The Balaban J connectivity index is 1.22. The van der Waals surface area contributed by atoms with Crippen LogP contribution in [0.15, 0.2) is 48.8 Å². The quantitative estimate of drug-likeness (QED) is 0.551. The van der Waals surface area contributed by atoms with Crippen molar-refractivity contribution in [3.05, 3.63) is 59.6 Å². The van der Waals surface area contributed by atoms with E-state index in [9.17, 15) is 9.18 Å². The van der Waals surface area contributed by atoms with E-state index in [4.69, 9.17) is 16.3 Å². The van der Waals surface area contributed by atoms with Crippen LogP contribution in [0.5, 0.6) is 5.75 Å². The highest BCUT2D eigenvalue weighted by Crippen LogP contribution is 2.62. The minimum atomic E-state index is -0.299. The number of anilines is 1. The summed E-state index contributed by atoms with van der Waals surface area (Å²) in [6, 6.07) is 9.77. The predicted molar refractivity (Wildman–Crippen MR) is 117 cm³/mol.